The first-order chi connectivity index (χ1) is 15.7. The van der Waals surface area contributed by atoms with Crippen LogP contribution in [0.2, 0.25) is 0 Å². The van der Waals surface area contributed by atoms with Gasteiger partial charge in [0.1, 0.15) is 0 Å². The first-order valence-electron chi connectivity index (χ1n) is 11.5. The van der Waals surface area contributed by atoms with Crippen LogP contribution in [0.3, 0.4) is 0 Å². The Labute approximate surface area is 191 Å². The number of amides is 2. The van der Waals surface area contributed by atoms with Crippen LogP contribution in [0, 0.1) is 18.3 Å². The lowest BCUT2D eigenvalue weighted by atomic mass is 9.82. The van der Waals surface area contributed by atoms with E-state index >= 15 is 0 Å². The van der Waals surface area contributed by atoms with Crippen molar-refractivity contribution in [2.24, 2.45) is 5.92 Å². The second-order valence-corrected chi connectivity index (χ2v) is 8.63. The Morgan fingerprint density at radius 1 is 0.969 bits per heavy atom. The molecule has 5 nitrogen and oxygen atoms in total. The van der Waals surface area contributed by atoms with Crippen molar-refractivity contribution < 1.29 is 9.59 Å². The zero-order chi connectivity index (χ0) is 22.3. The SMILES string of the molecule is C#CCCN1CCN(C(=O)C2CCC(=O)N(Cc3ccccc3)C2c2ccccc2)CC1. The minimum Gasteiger partial charge on any atom is -0.340 e. The lowest BCUT2D eigenvalue weighted by molar-refractivity contribution is -0.149. The Morgan fingerprint density at radius 2 is 1.62 bits per heavy atom. The monoisotopic (exact) mass is 429 g/mol. The molecule has 2 aromatic rings. The van der Waals surface area contributed by atoms with Gasteiger partial charge in [-0.1, -0.05) is 60.7 Å². The summed E-state index contributed by atoms with van der Waals surface area (Å²) < 4.78 is 0. The maximum Gasteiger partial charge on any atom is 0.228 e. The molecular formula is C27H31N3O2. The molecule has 2 aromatic carbocycles. The summed E-state index contributed by atoms with van der Waals surface area (Å²) in [5.74, 6) is 2.75. The molecule has 2 aliphatic rings. The molecule has 0 N–H and O–H groups in total. The summed E-state index contributed by atoms with van der Waals surface area (Å²) in [6, 6.07) is 19.8. The van der Waals surface area contributed by atoms with Gasteiger partial charge in [0.15, 0.2) is 0 Å². The van der Waals surface area contributed by atoms with E-state index in [2.05, 4.69) is 10.8 Å². The number of hydrogen-bond acceptors (Lipinski definition) is 3. The van der Waals surface area contributed by atoms with Gasteiger partial charge in [0, 0.05) is 52.1 Å². The predicted octanol–water partition coefficient (Wildman–Crippen LogP) is 3.33. The molecule has 2 heterocycles. The summed E-state index contributed by atoms with van der Waals surface area (Å²) in [6.07, 6.45) is 7.14. The predicted molar refractivity (Wildman–Crippen MR) is 125 cm³/mol. The highest BCUT2D eigenvalue weighted by Crippen LogP contribution is 2.39. The van der Waals surface area contributed by atoms with Crippen LogP contribution in [0.4, 0.5) is 0 Å². The van der Waals surface area contributed by atoms with Gasteiger partial charge in [-0.15, -0.1) is 12.3 Å². The topological polar surface area (TPSA) is 43.9 Å². The Balaban J connectivity index is 1.55. The van der Waals surface area contributed by atoms with Crippen molar-refractivity contribution in [2.45, 2.75) is 31.8 Å². The van der Waals surface area contributed by atoms with E-state index in [-0.39, 0.29) is 23.8 Å². The average molecular weight is 430 g/mol. The molecule has 2 fully saturated rings. The Kier molecular flexibility index (Phi) is 7.24. The molecule has 2 atom stereocenters. The molecule has 2 unspecified atom stereocenters. The lowest BCUT2D eigenvalue weighted by Crippen LogP contribution is -2.54. The summed E-state index contributed by atoms with van der Waals surface area (Å²) in [5, 5.41) is 0. The molecule has 166 valence electrons. The molecule has 0 aromatic heterocycles. The van der Waals surface area contributed by atoms with E-state index in [0.29, 0.717) is 32.5 Å². The van der Waals surface area contributed by atoms with Crippen LogP contribution in [0.25, 0.3) is 0 Å². The minimum absolute atomic E-state index is 0.117. The van der Waals surface area contributed by atoms with Crippen LogP contribution in [0.15, 0.2) is 60.7 Å². The van der Waals surface area contributed by atoms with Crippen LogP contribution in [-0.4, -0.2) is 59.2 Å². The molecule has 0 spiro atoms. The first-order valence-corrected chi connectivity index (χ1v) is 11.5. The highest BCUT2D eigenvalue weighted by Gasteiger charge is 2.42. The van der Waals surface area contributed by atoms with Crippen LogP contribution in [-0.2, 0) is 16.1 Å². The molecule has 0 radical (unpaired) electrons. The fourth-order valence-corrected chi connectivity index (χ4v) is 4.89. The van der Waals surface area contributed by atoms with Crippen molar-refractivity contribution in [1.82, 2.24) is 14.7 Å². The fourth-order valence-electron chi connectivity index (χ4n) is 4.89. The van der Waals surface area contributed by atoms with Gasteiger partial charge in [-0.2, -0.15) is 0 Å². The second kappa shape index (κ2) is 10.5. The Hall–Kier alpha value is -3.10. The maximum atomic E-state index is 13.7. The molecule has 0 saturated carbocycles. The number of benzene rings is 2. The van der Waals surface area contributed by atoms with Gasteiger partial charge in [-0.25, -0.2) is 0 Å². The van der Waals surface area contributed by atoms with E-state index in [0.717, 1.165) is 37.2 Å². The number of terminal acetylenes is 1. The highest BCUT2D eigenvalue weighted by molar-refractivity contribution is 5.85. The van der Waals surface area contributed by atoms with Gasteiger partial charge in [0.05, 0.1) is 12.0 Å². The number of carbonyl (C=O) groups excluding carboxylic acids is 2. The minimum atomic E-state index is -0.246. The van der Waals surface area contributed by atoms with E-state index < -0.39 is 0 Å². The summed E-state index contributed by atoms with van der Waals surface area (Å²) in [4.78, 5) is 33.0. The van der Waals surface area contributed by atoms with Gasteiger partial charge in [0.2, 0.25) is 11.8 Å². The van der Waals surface area contributed by atoms with E-state index in [1.807, 2.05) is 70.5 Å². The standard InChI is InChI=1S/C27H31N3O2/c1-2-3-16-28-17-19-29(20-18-28)27(32)24-14-15-25(31)30(21-22-10-6-4-7-11-22)26(24)23-12-8-5-9-13-23/h1,4-13,24,26H,3,14-21H2. The maximum absolute atomic E-state index is 13.7. The van der Waals surface area contributed by atoms with E-state index in [9.17, 15) is 9.59 Å². The van der Waals surface area contributed by atoms with Gasteiger partial charge >= 0.3 is 0 Å². The van der Waals surface area contributed by atoms with Gasteiger partial charge in [-0.05, 0) is 17.5 Å². The Bertz CT molecular complexity index is 946. The number of nitrogens with zero attached hydrogens (tertiary/aromatic N) is 3. The van der Waals surface area contributed by atoms with Crippen LogP contribution in [0.1, 0.15) is 36.4 Å². The summed E-state index contributed by atoms with van der Waals surface area (Å²) in [5.41, 5.74) is 2.11. The third-order valence-electron chi connectivity index (χ3n) is 6.62. The van der Waals surface area contributed by atoms with Crippen LogP contribution in [0.5, 0.6) is 0 Å². The summed E-state index contributed by atoms with van der Waals surface area (Å²) in [7, 11) is 0. The molecule has 32 heavy (non-hydrogen) atoms. The van der Waals surface area contributed by atoms with Crippen LogP contribution >= 0.6 is 0 Å². The number of rotatable bonds is 6. The first kappa shape index (κ1) is 22.1. The average Bonchev–Trinajstić information content (AvgIpc) is 2.85. The normalized spacial score (nSPS) is 21.9. The molecule has 0 bridgehead atoms. The van der Waals surface area contributed by atoms with E-state index in [1.54, 1.807) is 0 Å². The number of carbonyl (C=O) groups is 2. The van der Waals surface area contributed by atoms with Gasteiger partial charge < -0.3 is 9.80 Å². The molecule has 2 amide bonds. The fraction of sp³-hybridized carbons (Fsp3) is 0.407. The van der Waals surface area contributed by atoms with Gasteiger partial charge in [-0.3, -0.25) is 14.5 Å². The van der Waals surface area contributed by atoms with Gasteiger partial charge in [0.25, 0.3) is 0 Å². The van der Waals surface area contributed by atoms with E-state index in [1.165, 1.54) is 0 Å². The lowest BCUT2D eigenvalue weighted by Gasteiger charge is -2.44. The third-order valence-corrected chi connectivity index (χ3v) is 6.62. The molecular weight excluding hydrogens is 398 g/mol. The zero-order valence-corrected chi connectivity index (χ0v) is 18.5. The molecule has 5 heteroatoms. The zero-order valence-electron chi connectivity index (χ0n) is 18.5. The quantitative estimate of drug-likeness (QED) is 0.662. The summed E-state index contributed by atoms with van der Waals surface area (Å²) >= 11 is 0. The number of piperidine rings is 1. The van der Waals surface area contributed by atoms with E-state index in [4.69, 9.17) is 6.42 Å². The van der Waals surface area contributed by atoms with Crippen molar-refractivity contribution in [3.05, 3.63) is 71.8 Å². The van der Waals surface area contributed by atoms with Crippen molar-refractivity contribution in [1.29, 1.82) is 0 Å². The molecule has 4 rings (SSSR count). The molecule has 0 aliphatic carbocycles. The number of hydrogen-bond donors (Lipinski definition) is 0. The highest BCUT2D eigenvalue weighted by atomic mass is 16.2. The number of likely N-dealkylation sites (tertiary alicyclic amines) is 1. The summed E-state index contributed by atoms with van der Waals surface area (Å²) in [6.45, 7) is 4.53. The van der Waals surface area contributed by atoms with Crippen molar-refractivity contribution in [3.63, 3.8) is 0 Å². The smallest absolute Gasteiger partial charge is 0.228 e. The van der Waals surface area contributed by atoms with Crippen LogP contribution < -0.4 is 0 Å². The Morgan fingerprint density at radius 3 is 2.28 bits per heavy atom. The second-order valence-electron chi connectivity index (χ2n) is 8.63. The van der Waals surface area contributed by atoms with Crippen molar-refractivity contribution >= 4 is 11.8 Å². The van der Waals surface area contributed by atoms with Crippen molar-refractivity contribution in [3.8, 4) is 12.3 Å². The molecule has 2 saturated heterocycles. The number of piperazine rings is 1. The van der Waals surface area contributed by atoms with Crippen molar-refractivity contribution in [2.75, 3.05) is 32.7 Å². The largest absolute Gasteiger partial charge is 0.340 e. The molecule has 2 aliphatic heterocycles. The third kappa shape index (κ3) is 5.03.